The van der Waals surface area contributed by atoms with E-state index in [2.05, 4.69) is 5.32 Å². The Morgan fingerprint density at radius 3 is 2.72 bits per heavy atom. The van der Waals surface area contributed by atoms with Crippen LogP contribution < -0.4 is 10.1 Å². The molecule has 18 heavy (non-hydrogen) atoms. The average Bonchev–Trinajstić information content (AvgIpc) is 2.64. The summed E-state index contributed by atoms with van der Waals surface area (Å²) < 4.78 is 19.4. The van der Waals surface area contributed by atoms with Gasteiger partial charge in [-0.1, -0.05) is 31.4 Å². The zero-order chi connectivity index (χ0) is 13.0. The second-order valence-electron chi connectivity index (χ2n) is 5.00. The normalized spacial score (nSPS) is 24.6. The van der Waals surface area contributed by atoms with Gasteiger partial charge in [0.1, 0.15) is 0 Å². The lowest BCUT2D eigenvalue weighted by molar-refractivity contribution is 0.373. The lowest BCUT2D eigenvalue weighted by atomic mass is 9.87. The summed E-state index contributed by atoms with van der Waals surface area (Å²) in [5.74, 6) is 0.423. The smallest absolute Gasteiger partial charge is 0.168 e. The van der Waals surface area contributed by atoms with Gasteiger partial charge >= 0.3 is 0 Å². The summed E-state index contributed by atoms with van der Waals surface area (Å²) in [7, 11) is 3.49. The highest BCUT2D eigenvalue weighted by molar-refractivity contribution is 5.34. The van der Waals surface area contributed by atoms with Crippen molar-refractivity contribution in [2.75, 3.05) is 14.2 Å². The maximum atomic E-state index is 14.3. The number of rotatable bonds is 3. The minimum atomic E-state index is -0.188. The van der Waals surface area contributed by atoms with Gasteiger partial charge in [-0.15, -0.1) is 0 Å². The minimum absolute atomic E-state index is 0.188. The molecule has 3 heteroatoms. The molecule has 1 fully saturated rings. The number of hydrogen-bond donors (Lipinski definition) is 1. The van der Waals surface area contributed by atoms with Crippen molar-refractivity contribution in [1.82, 2.24) is 5.32 Å². The Labute approximate surface area is 109 Å². The van der Waals surface area contributed by atoms with Gasteiger partial charge < -0.3 is 10.1 Å². The van der Waals surface area contributed by atoms with Crippen LogP contribution in [0.4, 0.5) is 4.39 Å². The van der Waals surface area contributed by atoms with Crippen molar-refractivity contribution in [3.8, 4) is 5.75 Å². The number of ether oxygens (including phenoxy) is 1. The average molecular weight is 251 g/mol. The van der Waals surface area contributed by atoms with Gasteiger partial charge in [0, 0.05) is 12.0 Å². The minimum Gasteiger partial charge on any atom is -0.494 e. The fourth-order valence-corrected chi connectivity index (χ4v) is 3.00. The molecule has 0 bridgehead atoms. The van der Waals surface area contributed by atoms with Crippen molar-refractivity contribution in [2.45, 2.75) is 44.1 Å². The molecule has 2 atom stereocenters. The van der Waals surface area contributed by atoms with Gasteiger partial charge in [-0.25, -0.2) is 4.39 Å². The molecule has 0 aromatic heterocycles. The van der Waals surface area contributed by atoms with E-state index in [4.69, 9.17) is 4.74 Å². The number of nitrogens with one attached hydrogen (secondary N) is 1. The highest BCUT2D eigenvalue weighted by atomic mass is 19.1. The van der Waals surface area contributed by atoms with Crippen LogP contribution in [0.1, 0.15) is 43.6 Å². The molecule has 0 radical (unpaired) electrons. The van der Waals surface area contributed by atoms with Crippen LogP contribution in [0.25, 0.3) is 0 Å². The Morgan fingerprint density at radius 1 is 1.22 bits per heavy atom. The quantitative estimate of drug-likeness (QED) is 0.831. The lowest BCUT2D eigenvalue weighted by Crippen LogP contribution is -2.31. The van der Waals surface area contributed by atoms with Crippen LogP contribution in [0, 0.1) is 5.82 Å². The number of hydrogen-bond acceptors (Lipinski definition) is 2. The Morgan fingerprint density at radius 2 is 2.00 bits per heavy atom. The lowest BCUT2D eigenvalue weighted by Gasteiger charge is -2.26. The SMILES string of the molecule is CNC1CCCCCC1c1cccc(OC)c1F. The van der Waals surface area contributed by atoms with E-state index in [1.807, 2.05) is 19.2 Å². The van der Waals surface area contributed by atoms with Gasteiger partial charge in [0.2, 0.25) is 0 Å². The van der Waals surface area contributed by atoms with E-state index in [0.717, 1.165) is 18.4 Å². The molecular formula is C15H22FNO. The summed E-state index contributed by atoms with van der Waals surface area (Å²) in [6, 6.07) is 5.84. The molecular weight excluding hydrogens is 229 g/mol. The maximum Gasteiger partial charge on any atom is 0.168 e. The molecule has 0 spiro atoms. The number of likely N-dealkylation sites (N-methyl/N-ethyl adjacent to an activating group) is 1. The summed E-state index contributed by atoms with van der Waals surface area (Å²) in [5.41, 5.74) is 0.801. The van der Waals surface area contributed by atoms with E-state index in [1.165, 1.54) is 26.4 Å². The van der Waals surface area contributed by atoms with Gasteiger partial charge in [-0.3, -0.25) is 0 Å². The van der Waals surface area contributed by atoms with E-state index in [0.29, 0.717) is 11.8 Å². The molecule has 1 aromatic carbocycles. The third-order valence-electron chi connectivity index (χ3n) is 4.00. The van der Waals surface area contributed by atoms with Gasteiger partial charge in [0.15, 0.2) is 11.6 Å². The Balaban J connectivity index is 2.32. The molecule has 1 aliphatic carbocycles. The topological polar surface area (TPSA) is 21.3 Å². The first-order chi connectivity index (χ1) is 8.77. The Hall–Kier alpha value is -1.09. The van der Waals surface area contributed by atoms with Crippen LogP contribution in [0.3, 0.4) is 0 Å². The molecule has 0 saturated heterocycles. The molecule has 2 nitrogen and oxygen atoms in total. The molecule has 1 N–H and O–H groups in total. The monoisotopic (exact) mass is 251 g/mol. The summed E-state index contributed by atoms with van der Waals surface area (Å²) >= 11 is 0. The Bertz CT molecular complexity index is 394. The molecule has 1 saturated carbocycles. The van der Waals surface area contributed by atoms with Crippen LogP contribution in [0.15, 0.2) is 18.2 Å². The summed E-state index contributed by atoms with van der Waals surface area (Å²) in [6.45, 7) is 0. The fraction of sp³-hybridized carbons (Fsp3) is 0.600. The van der Waals surface area contributed by atoms with Crippen LogP contribution in [0.2, 0.25) is 0 Å². The van der Waals surface area contributed by atoms with Crippen molar-refractivity contribution in [2.24, 2.45) is 0 Å². The predicted molar refractivity (Wildman–Crippen MR) is 71.6 cm³/mol. The number of halogens is 1. The maximum absolute atomic E-state index is 14.3. The van der Waals surface area contributed by atoms with Crippen LogP contribution in [-0.4, -0.2) is 20.2 Å². The molecule has 2 rings (SSSR count). The van der Waals surface area contributed by atoms with Crippen molar-refractivity contribution in [1.29, 1.82) is 0 Å². The van der Waals surface area contributed by atoms with Crippen LogP contribution in [-0.2, 0) is 0 Å². The standard InChI is InChI=1S/C15H22FNO/c1-17-13-9-5-3-4-7-11(13)12-8-6-10-14(18-2)15(12)16/h6,8,10-11,13,17H,3-5,7,9H2,1-2H3. The zero-order valence-corrected chi connectivity index (χ0v) is 11.2. The fourth-order valence-electron chi connectivity index (χ4n) is 3.00. The summed E-state index contributed by atoms with van der Waals surface area (Å²) in [6.07, 6.45) is 5.83. The van der Waals surface area contributed by atoms with Gasteiger partial charge in [0.05, 0.1) is 7.11 Å². The third-order valence-corrected chi connectivity index (χ3v) is 4.00. The molecule has 100 valence electrons. The molecule has 0 aliphatic heterocycles. The second-order valence-corrected chi connectivity index (χ2v) is 5.00. The molecule has 1 aliphatic rings. The van der Waals surface area contributed by atoms with Crippen LogP contribution in [0.5, 0.6) is 5.75 Å². The third kappa shape index (κ3) is 2.66. The zero-order valence-electron chi connectivity index (χ0n) is 11.2. The molecule has 1 aromatic rings. The summed E-state index contributed by atoms with van der Waals surface area (Å²) in [4.78, 5) is 0. The molecule has 0 heterocycles. The predicted octanol–water partition coefficient (Wildman–Crippen LogP) is 3.47. The first-order valence-electron chi connectivity index (χ1n) is 6.77. The van der Waals surface area contributed by atoms with Gasteiger partial charge in [-0.2, -0.15) is 0 Å². The van der Waals surface area contributed by atoms with E-state index in [-0.39, 0.29) is 11.7 Å². The largest absolute Gasteiger partial charge is 0.494 e. The molecule has 0 amide bonds. The van der Waals surface area contributed by atoms with E-state index in [1.54, 1.807) is 6.07 Å². The second kappa shape index (κ2) is 6.19. The van der Waals surface area contributed by atoms with Crippen molar-refractivity contribution in [3.05, 3.63) is 29.6 Å². The molecule has 2 unspecified atom stereocenters. The first-order valence-corrected chi connectivity index (χ1v) is 6.77. The van der Waals surface area contributed by atoms with Crippen LogP contribution >= 0.6 is 0 Å². The van der Waals surface area contributed by atoms with Crippen molar-refractivity contribution in [3.63, 3.8) is 0 Å². The highest BCUT2D eigenvalue weighted by Gasteiger charge is 2.27. The van der Waals surface area contributed by atoms with Crippen molar-refractivity contribution >= 4 is 0 Å². The van der Waals surface area contributed by atoms with E-state index >= 15 is 0 Å². The van der Waals surface area contributed by atoms with Crippen molar-refractivity contribution < 1.29 is 9.13 Å². The van der Waals surface area contributed by atoms with Gasteiger partial charge in [-0.05, 0) is 31.5 Å². The Kier molecular flexibility index (Phi) is 4.59. The van der Waals surface area contributed by atoms with E-state index in [9.17, 15) is 4.39 Å². The van der Waals surface area contributed by atoms with Gasteiger partial charge in [0.25, 0.3) is 0 Å². The number of benzene rings is 1. The first kappa shape index (κ1) is 13.3. The summed E-state index contributed by atoms with van der Waals surface area (Å²) in [5, 5.41) is 3.35. The van der Waals surface area contributed by atoms with E-state index < -0.39 is 0 Å². The number of methoxy groups -OCH3 is 1. The highest BCUT2D eigenvalue weighted by Crippen LogP contribution is 2.35.